The largest absolute Gasteiger partial charge is 0.496 e. The Labute approximate surface area is 154 Å². The van der Waals surface area contributed by atoms with Gasteiger partial charge in [-0.2, -0.15) is 10.2 Å². The van der Waals surface area contributed by atoms with Crippen molar-refractivity contribution in [1.82, 2.24) is 20.0 Å². The van der Waals surface area contributed by atoms with Crippen LogP contribution in [0.5, 0.6) is 11.5 Å². The number of nitrogens with zero attached hydrogens (tertiary/aromatic N) is 4. The van der Waals surface area contributed by atoms with Crippen molar-refractivity contribution in [3.05, 3.63) is 59.6 Å². The van der Waals surface area contributed by atoms with Crippen molar-refractivity contribution in [2.24, 2.45) is 0 Å². The zero-order valence-electron chi connectivity index (χ0n) is 15.9. The van der Waals surface area contributed by atoms with Crippen LogP contribution in [0.15, 0.2) is 37.3 Å². The fourth-order valence-electron chi connectivity index (χ4n) is 3.14. The van der Waals surface area contributed by atoms with Gasteiger partial charge in [0, 0.05) is 42.2 Å². The molecule has 3 rings (SSSR count). The molecule has 0 unspecified atom stereocenters. The smallest absolute Gasteiger partial charge is 0.127 e. The summed E-state index contributed by atoms with van der Waals surface area (Å²) in [5.41, 5.74) is 5.89. The summed E-state index contributed by atoms with van der Waals surface area (Å²) in [7, 11) is 9.37. The lowest BCUT2D eigenvalue weighted by Crippen LogP contribution is -2.17. The summed E-state index contributed by atoms with van der Waals surface area (Å²) in [4.78, 5) is 4.08. The molecule has 0 atom stereocenters. The van der Waals surface area contributed by atoms with E-state index in [1.165, 1.54) is 0 Å². The standard InChI is InChI=1S/C20H24N4O2/c1-13-15-9-21-22-10-16(15)17(12-24(13)4)14-7-19(25-5)18(11-23(2)3)20(8-14)26-6/h7-10,12H,1,11H2,2-6H3. The maximum Gasteiger partial charge on any atom is 0.127 e. The summed E-state index contributed by atoms with van der Waals surface area (Å²) >= 11 is 0. The van der Waals surface area contributed by atoms with Crippen LogP contribution in [0.3, 0.4) is 0 Å². The van der Waals surface area contributed by atoms with Gasteiger partial charge in [0.25, 0.3) is 0 Å². The Morgan fingerprint density at radius 3 is 2.15 bits per heavy atom. The van der Waals surface area contributed by atoms with E-state index in [4.69, 9.17) is 9.47 Å². The minimum absolute atomic E-state index is 0.727. The van der Waals surface area contributed by atoms with Crippen molar-refractivity contribution in [3.8, 4) is 11.5 Å². The van der Waals surface area contributed by atoms with Crippen LogP contribution in [0, 0.1) is 0 Å². The van der Waals surface area contributed by atoms with Crippen molar-refractivity contribution >= 4 is 11.3 Å². The Balaban J connectivity index is 2.18. The number of hydrogen-bond donors (Lipinski definition) is 0. The van der Waals surface area contributed by atoms with E-state index < -0.39 is 0 Å². The molecule has 0 radical (unpaired) electrons. The molecule has 2 aromatic rings. The number of hydrogen-bond acceptors (Lipinski definition) is 6. The van der Waals surface area contributed by atoms with Gasteiger partial charge in [-0.3, -0.25) is 0 Å². The molecule has 6 nitrogen and oxygen atoms in total. The molecule has 1 aromatic carbocycles. The van der Waals surface area contributed by atoms with Crippen molar-refractivity contribution in [3.63, 3.8) is 0 Å². The molecule has 26 heavy (non-hydrogen) atoms. The second kappa shape index (κ2) is 7.17. The number of rotatable bonds is 5. The number of methoxy groups -OCH3 is 2. The highest BCUT2D eigenvalue weighted by Gasteiger charge is 2.23. The maximum atomic E-state index is 5.66. The molecule has 0 bridgehead atoms. The first-order chi connectivity index (χ1) is 12.5. The molecule has 0 fully saturated rings. The summed E-state index contributed by atoms with van der Waals surface area (Å²) in [6, 6.07) is 4.08. The third-order valence-electron chi connectivity index (χ3n) is 4.47. The quantitative estimate of drug-likeness (QED) is 0.825. The Morgan fingerprint density at radius 2 is 1.62 bits per heavy atom. The Hall–Kier alpha value is -2.86. The molecular weight excluding hydrogens is 328 g/mol. The molecule has 0 N–H and O–H groups in total. The van der Waals surface area contributed by atoms with Crippen molar-refractivity contribution < 1.29 is 9.47 Å². The van der Waals surface area contributed by atoms with Crippen LogP contribution in [0.2, 0.25) is 0 Å². The average Bonchev–Trinajstić information content (AvgIpc) is 2.64. The summed E-state index contributed by atoms with van der Waals surface area (Å²) in [6.45, 7) is 4.86. The van der Waals surface area contributed by atoms with Gasteiger partial charge in [-0.15, -0.1) is 0 Å². The normalized spacial score (nSPS) is 13.5. The molecule has 2 heterocycles. The first kappa shape index (κ1) is 17.9. The van der Waals surface area contributed by atoms with E-state index in [0.29, 0.717) is 0 Å². The summed E-state index contributed by atoms with van der Waals surface area (Å²) < 4.78 is 11.3. The lowest BCUT2D eigenvalue weighted by Gasteiger charge is -2.28. The third-order valence-corrected chi connectivity index (χ3v) is 4.47. The Bertz CT molecular complexity index is 849. The van der Waals surface area contributed by atoms with Crippen molar-refractivity contribution in [2.45, 2.75) is 6.54 Å². The van der Waals surface area contributed by atoms with Gasteiger partial charge in [0.1, 0.15) is 11.5 Å². The molecule has 1 aliphatic heterocycles. The van der Waals surface area contributed by atoms with E-state index in [2.05, 4.69) is 21.7 Å². The summed E-state index contributed by atoms with van der Waals surface area (Å²) in [5, 5.41) is 8.06. The predicted molar refractivity (Wildman–Crippen MR) is 103 cm³/mol. The summed E-state index contributed by atoms with van der Waals surface area (Å²) in [5.74, 6) is 1.59. The second-order valence-electron chi connectivity index (χ2n) is 6.51. The van der Waals surface area contributed by atoms with Gasteiger partial charge in [0.05, 0.1) is 32.2 Å². The van der Waals surface area contributed by atoms with Crippen LogP contribution in [-0.4, -0.2) is 55.4 Å². The van der Waals surface area contributed by atoms with Gasteiger partial charge in [-0.05, 0) is 31.8 Å². The lowest BCUT2D eigenvalue weighted by atomic mass is 9.91. The molecule has 1 aromatic heterocycles. The molecule has 136 valence electrons. The monoisotopic (exact) mass is 352 g/mol. The van der Waals surface area contributed by atoms with Crippen molar-refractivity contribution in [2.75, 3.05) is 35.4 Å². The number of aromatic nitrogens is 2. The van der Waals surface area contributed by atoms with Crippen LogP contribution >= 0.6 is 0 Å². The Kier molecular flexibility index (Phi) is 4.95. The minimum atomic E-state index is 0.727. The van der Waals surface area contributed by atoms with Gasteiger partial charge < -0.3 is 19.3 Å². The maximum absolute atomic E-state index is 5.66. The SMILES string of the molecule is C=C1c2cnncc2C(c2cc(OC)c(CN(C)C)c(OC)c2)=CN1C. The fourth-order valence-corrected chi connectivity index (χ4v) is 3.14. The number of fused-ring (bicyclic) bond motifs is 1. The molecular formula is C20H24N4O2. The molecule has 6 heteroatoms. The zero-order valence-corrected chi connectivity index (χ0v) is 15.9. The molecule has 0 spiro atoms. The lowest BCUT2D eigenvalue weighted by molar-refractivity contribution is 0.348. The molecule has 0 saturated carbocycles. The second-order valence-corrected chi connectivity index (χ2v) is 6.51. The molecule has 0 amide bonds. The van der Waals surface area contributed by atoms with Gasteiger partial charge >= 0.3 is 0 Å². The van der Waals surface area contributed by atoms with E-state index in [0.717, 1.165) is 51.6 Å². The van der Waals surface area contributed by atoms with Crippen LogP contribution in [0.25, 0.3) is 11.3 Å². The fraction of sp³-hybridized carbons (Fsp3) is 0.300. The summed E-state index contributed by atoms with van der Waals surface area (Å²) in [6.07, 6.45) is 5.56. The topological polar surface area (TPSA) is 50.7 Å². The highest BCUT2D eigenvalue weighted by molar-refractivity contribution is 5.90. The number of benzene rings is 1. The predicted octanol–water partition coefficient (Wildman–Crippen LogP) is 2.86. The highest BCUT2D eigenvalue weighted by atomic mass is 16.5. The van der Waals surface area contributed by atoms with Crippen LogP contribution < -0.4 is 9.47 Å². The van der Waals surface area contributed by atoms with Gasteiger partial charge in [-0.1, -0.05) is 6.58 Å². The van der Waals surface area contributed by atoms with E-state index >= 15 is 0 Å². The highest BCUT2D eigenvalue weighted by Crippen LogP contribution is 2.39. The van der Waals surface area contributed by atoms with Crippen molar-refractivity contribution in [1.29, 1.82) is 0 Å². The number of ether oxygens (including phenoxy) is 2. The Morgan fingerprint density at radius 1 is 1.04 bits per heavy atom. The average molecular weight is 352 g/mol. The first-order valence-corrected chi connectivity index (χ1v) is 8.31. The van der Waals surface area contributed by atoms with Gasteiger partial charge in [-0.25, -0.2) is 0 Å². The molecule has 1 aliphatic rings. The first-order valence-electron chi connectivity index (χ1n) is 8.31. The molecule has 0 saturated heterocycles. The van der Waals surface area contributed by atoms with Gasteiger partial charge in [0.15, 0.2) is 0 Å². The van der Waals surface area contributed by atoms with E-state index in [1.54, 1.807) is 26.6 Å². The van der Waals surface area contributed by atoms with Gasteiger partial charge in [0.2, 0.25) is 0 Å². The van der Waals surface area contributed by atoms with Crippen LogP contribution in [-0.2, 0) is 6.54 Å². The minimum Gasteiger partial charge on any atom is -0.496 e. The third kappa shape index (κ3) is 3.15. The van der Waals surface area contributed by atoms with E-state index in [9.17, 15) is 0 Å². The molecule has 0 aliphatic carbocycles. The van der Waals surface area contributed by atoms with E-state index in [1.807, 2.05) is 44.4 Å². The van der Waals surface area contributed by atoms with Crippen LogP contribution in [0.4, 0.5) is 0 Å². The zero-order chi connectivity index (χ0) is 18.8. The van der Waals surface area contributed by atoms with Crippen LogP contribution in [0.1, 0.15) is 22.3 Å². The van der Waals surface area contributed by atoms with E-state index in [-0.39, 0.29) is 0 Å².